The minimum Gasteiger partial charge on any atom is -0.394 e. The molecular weight excluding hydrogens is 906 g/mol. The predicted octanol–water partition coefficient (Wildman–Crippen LogP) is 6.05. The second kappa shape index (κ2) is 29.3. The molecule has 0 aliphatic carbocycles. The Morgan fingerprint density at radius 3 is 2.01 bits per heavy atom. The number of phosphoric acid groups is 1. The third-order valence-corrected chi connectivity index (χ3v) is 13.5. The van der Waals surface area contributed by atoms with Crippen LogP contribution in [0.25, 0.3) is 0 Å². The van der Waals surface area contributed by atoms with Crippen molar-refractivity contribution in [3.63, 3.8) is 0 Å². The average molecular weight is 980 g/mol. The van der Waals surface area contributed by atoms with Crippen LogP contribution in [0.5, 0.6) is 0 Å². The SMILES string of the molecule is CC(=O)C(CC(=O)[C@H](CO)NC(=O)[C@@H](CC(=O)[C@H](CC(C)C)NC(=O)[C@@H]1C[C@@H](OCCCCc2ccccc2)CN1C(C)=O)Cc1cnc[nH]1)[C@@H](C)OP(=O)(O)OCCCCCCc1ccccc1. The molecule has 1 aromatic heterocycles. The Bertz CT molecular complexity index is 2110. The van der Waals surface area contributed by atoms with Gasteiger partial charge in [0.05, 0.1) is 49.6 Å². The van der Waals surface area contributed by atoms with E-state index in [9.17, 15) is 43.3 Å². The van der Waals surface area contributed by atoms with Gasteiger partial charge in [-0.05, 0) is 75.8 Å². The number of Topliss-reactive ketones (excluding diaryl/α,β-unsaturated/α-hetero) is 3. The molecule has 8 atom stereocenters. The fraction of sp³-hybridized carbons (Fsp3) is 0.588. The molecule has 2 heterocycles. The van der Waals surface area contributed by atoms with Crippen LogP contribution in [0.15, 0.2) is 73.2 Å². The van der Waals surface area contributed by atoms with E-state index in [-0.39, 0.29) is 56.8 Å². The van der Waals surface area contributed by atoms with Gasteiger partial charge in [0.1, 0.15) is 17.9 Å². The van der Waals surface area contributed by atoms with Crippen molar-refractivity contribution in [2.45, 2.75) is 148 Å². The molecule has 0 saturated carbocycles. The maximum absolute atomic E-state index is 14.2. The number of aromatic nitrogens is 2. The van der Waals surface area contributed by atoms with E-state index in [1.54, 1.807) is 0 Å². The number of likely N-dealkylation sites (tertiary alicyclic amines) is 1. The summed E-state index contributed by atoms with van der Waals surface area (Å²) in [5.74, 6) is -5.66. The number of carbonyl (C=O) groups excluding carboxylic acids is 6. The molecule has 2 aromatic carbocycles. The Labute approximate surface area is 406 Å². The van der Waals surface area contributed by atoms with Crippen LogP contribution in [-0.4, -0.2) is 117 Å². The second-order valence-electron chi connectivity index (χ2n) is 18.6. The molecule has 1 aliphatic heterocycles. The van der Waals surface area contributed by atoms with E-state index < -0.39 is 86.1 Å². The standard InChI is InChI=1S/C51H74N5O12P/c1-35(2)26-45(54-51(63)47-29-43(32-56(47)38(5)59)66-24-17-15-23-40-21-13-9-14-22-40)48(60)28-41(27-42-31-52-34-53-42)50(62)55-46(33-57)49(61)30-44(36(3)58)37(4)68-69(64,65)67-25-16-7-6-10-18-39-19-11-8-12-20-39/h8-9,11-14,19-22,31,34-35,37,41,43-47,57H,6-7,10,15-18,23-30,32-33H2,1-5H3,(H,52,53)(H,54,63)(H,55,62)(H,64,65)/t37-,41-,43-,44?,45+,46+,47+/m1/s1. The van der Waals surface area contributed by atoms with Crippen LogP contribution in [0.1, 0.15) is 116 Å². The van der Waals surface area contributed by atoms with Crippen LogP contribution < -0.4 is 10.6 Å². The van der Waals surface area contributed by atoms with Crippen molar-refractivity contribution < 1.29 is 57.1 Å². The highest BCUT2D eigenvalue weighted by atomic mass is 31.2. The number of unbranched alkanes of at least 4 members (excludes halogenated alkanes) is 4. The van der Waals surface area contributed by atoms with Crippen LogP contribution in [0, 0.1) is 17.8 Å². The highest BCUT2D eigenvalue weighted by molar-refractivity contribution is 7.47. The lowest BCUT2D eigenvalue weighted by atomic mass is 9.89. The van der Waals surface area contributed by atoms with E-state index in [0.29, 0.717) is 18.7 Å². The Hall–Kier alpha value is -4.90. The molecule has 2 unspecified atom stereocenters. The molecule has 69 heavy (non-hydrogen) atoms. The van der Waals surface area contributed by atoms with E-state index in [0.717, 1.165) is 44.9 Å². The molecule has 4 rings (SSSR count). The number of aliphatic hydroxyl groups excluding tert-OH is 1. The Kier molecular flexibility index (Phi) is 24.1. The van der Waals surface area contributed by atoms with Crippen LogP contribution in [0.2, 0.25) is 0 Å². The third kappa shape index (κ3) is 20.2. The molecule has 18 heteroatoms. The summed E-state index contributed by atoms with van der Waals surface area (Å²) in [6, 6.07) is 16.8. The Morgan fingerprint density at radius 2 is 1.43 bits per heavy atom. The van der Waals surface area contributed by atoms with Gasteiger partial charge in [0.15, 0.2) is 11.6 Å². The number of nitrogens with one attached hydrogen (secondary N) is 3. The molecule has 5 N–H and O–H groups in total. The van der Waals surface area contributed by atoms with Gasteiger partial charge in [0, 0.05) is 57.6 Å². The summed E-state index contributed by atoms with van der Waals surface area (Å²) < 4.78 is 29.5. The highest BCUT2D eigenvalue weighted by Crippen LogP contribution is 2.46. The molecule has 0 spiro atoms. The number of aromatic amines is 1. The quantitative estimate of drug-likeness (QED) is 0.0345. The number of nitrogens with zero attached hydrogens (tertiary/aromatic N) is 2. The van der Waals surface area contributed by atoms with Crippen molar-refractivity contribution in [3.8, 4) is 0 Å². The molecule has 1 fully saturated rings. The summed E-state index contributed by atoms with van der Waals surface area (Å²) in [5, 5.41) is 15.8. The molecular formula is C51H74N5O12P. The third-order valence-electron chi connectivity index (χ3n) is 12.4. The summed E-state index contributed by atoms with van der Waals surface area (Å²) in [5.41, 5.74) is 2.99. The number of amides is 3. The van der Waals surface area contributed by atoms with Gasteiger partial charge in [-0.15, -0.1) is 0 Å². The van der Waals surface area contributed by atoms with Gasteiger partial charge >= 0.3 is 7.82 Å². The van der Waals surface area contributed by atoms with E-state index in [2.05, 4.69) is 44.9 Å². The van der Waals surface area contributed by atoms with Gasteiger partial charge in [-0.2, -0.15) is 0 Å². The fourth-order valence-electron chi connectivity index (χ4n) is 8.60. The lowest BCUT2D eigenvalue weighted by Crippen LogP contribution is -2.52. The zero-order valence-electron chi connectivity index (χ0n) is 40.9. The normalized spacial score (nSPS) is 17.9. The zero-order valence-corrected chi connectivity index (χ0v) is 41.8. The molecule has 3 amide bonds. The summed E-state index contributed by atoms with van der Waals surface area (Å²) in [7, 11) is -4.63. The summed E-state index contributed by atoms with van der Waals surface area (Å²) in [4.78, 5) is 100. The number of rotatable bonds is 33. The summed E-state index contributed by atoms with van der Waals surface area (Å²) in [6.07, 6.45) is 7.55. The number of ether oxygens (including phenoxy) is 1. The smallest absolute Gasteiger partial charge is 0.394 e. The molecule has 0 bridgehead atoms. The average Bonchev–Trinajstić information content (AvgIpc) is 4.00. The topological polar surface area (TPSA) is 244 Å². The van der Waals surface area contributed by atoms with Crippen LogP contribution in [0.3, 0.4) is 0 Å². The lowest BCUT2D eigenvalue weighted by Gasteiger charge is -2.27. The number of hydrogen-bond acceptors (Lipinski definition) is 12. The summed E-state index contributed by atoms with van der Waals surface area (Å²) in [6.45, 7) is 7.54. The van der Waals surface area contributed by atoms with Crippen molar-refractivity contribution >= 4 is 42.9 Å². The number of imidazole rings is 1. The largest absolute Gasteiger partial charge is 0.472 e. The van der Waals surface area contributed by atoms with Gasteiger partial charge in [0.2, 0.25) is 17.7 Å². The van der Waals surface area contributed by atoms with E-state index in [1.807, 2.05) is 50.2 Å². The van der Waals surface area contributed by atoms with Crippen molar-refractivity contribution in [1.82, 2.24) is 25.5 Å². The van der Waals surface area contributed by atoms with E-state index in [1.165, 1.54) is 49.3 Å². The summed E-state index contributed by atoms with van der Waals surface area (Å²) >= 11 is 0. The van der Waals surface area contributed by atoms with Gasteiger partial charge in [-0.1, -0.05) is 87.4 Å². The number of aliphatic hydroxyl groups is 1. The van der Waals surface area contributed by atoms with Crippen LogP contribution in [-0.2, 0) is 66.4 Å². The van der Waals surface area contributed by atoms with Crippen molar-refractivity contribution in [2.75, 3.05) is 26.4 Å². The Morgan fingerprint density at radius 1 is 0.826 bits per heavy atom. The van der Waals surface area contributed by atoms with Crippen LogP contribution >= 0.6 is 7.82 Å². The number of H-pyrrole nitrogens is 1. The number of aryl methyl sites for hydroxylation is 2. The number of ketones is 3. The first-order valence-corrected chi connectivity index (χ1v) is 25.8. The van der Waals surface area contributed by atoms with E-state index in [4.69, 9.17) is 13.8 Å². The predicted molar refractivity (Wildman–Crippen MR) is 259 cm³/mol. The van der Waals surface area contributed by atoms with Crippen molar-refractivity contribution in [1.29, 1.82) is 0 Å². The number of hydrogen-bond donors (Lipinski definition) is 5. The molecule has 17 nitrogen and oxygen atoms in total. The zero-order chi connectivity index (χ0) is 50.3. The van der Waals surface area contributed by atoms with Crippen molar-refractivity contribution in [2.24, 2.45) is 17.8 Å². The first-order valence-electron chi connectivity index (χ1n) is 24.3. The van der Waals surface area contributed by atoms with Crippen LogP contribution in [0.4, 0.5) is 0 Å². The minimum atomic E-state index is -4.63. The van der Waals surface area contributed by atoms with Gasteiger partial charge < -0.3 is 35.3 Å². The van der Waals surface area contributed by atoms with Gasteiger partial charge in [-0.3, -0.25) is 37.8 Å². The minimum absolute atomic E-state index is 0.0161. The first-order chi connectivity index (χ1) is 33.0. The monoisotopic (exact) mass is 980 g/mol. The van der Waals surface area contributed by atoms with Gasteiger partial charge in [0.25, 0.3) is 0 Å². The highest BCUT2D eigenvalue weighted by Gasteiger charge is 2.41. The number of carbonyl (C=O) groups is 6. The molecule has 1 aliphatic rings. The van der Waals surface area contributed by atoms with Crippen molar-refractivity contribution in [3.05, 3.63) is 90.0 Å². The second-order valence-corrected chi connectivity index (χ2v) is 20.0. The molecule has 0 radical (unpaired) electrons. The maximum atomic E-state index is 14.2. The molecule has 380 valence electrons. The maximum Gasteiger partial charge on any atom is 0.472 e. The molecule has 1 saturated heterocycles. The number of phosphoric ester groups is 1. The first kappa shape index (κ1) is 56.7. The van der Waals surface area contributed by atoms with E-state index >= 15 is 0 Å². The lowest BCUT2D eigenvalue weighted by molar-refractivity contribution is -0.138. The fourth-order valence-corrected chi connectivity index (χ4v) is 9.58. The Balaban J connectivity index is 1.33. The number of benzene rings is 2. The van der Waals surface area contributed by atoms with Gasteiger partial charge in [-0.25, -0.2) is 9.55 Å². The molecule has 3 aromatic rings.